The van der Waals surface area contributed by atoms with Crippen LogP contribution >= 0.6 is 0 Å². The predicted octanol–water partition coefficient (Wildman–Crippen LogP) is 1.83. The quantitative estimate of drug-likeness (QED) is 0.842. The van der Waals surface area contributed by atoms with E-state index in [1.807, 2.05) is 6.92 Å². The molecule has 0 aliphatic rings. The Balaban J connectivity index is 2.42. The van der Waals surface area contributed by atoms with Crippen molar-refractivity contribution in [3.63, 3.8) is 0 Å². The van der Waals surface area contributed by atoms with E-state index in [0.717, 1.165) is 31.0 Å². The van der Waals surface area contributed by atoms with Gasteiger partial charge in [-0.3, -0.25) is 14.3 Å². The minimum atomic E-state index is -0.662. The van der Waals surface area contributed by atoms with E-state index in [4.69, 9.17) is 5.73 Å². The number of nitrogen functional groups attached to an aromatic ring is 1. The highest BCUT2D eigenvalue weighted by Gasteiger charge is 2.17. The van der Waals surface area contributed by atoms with Gasteiger partial charge in [0, 0.05) is 25.7 Å². The second-order valence-corrected chi connectivity index (χ2v) is 5.59. The SMILES string of the molecule is CCCCn1c(N)c(N(C)Cc2cc(F)ccc2F)c(=O)[nH]c1=O. The van der Waals surface area contributed by atoms with Crippen LogP contribution in [0.1, 0.15) is 25.3 Å². The van der Waals surface area contributed by atoms with Crippen LogP contribution < -0.4 is 21.9 Å². The Morgan fingerprint density at radius 3 is 2.67 bits per heavy atom. The number of H-pyrrole nitrogens is 1. The molecule has 2 rings (SSSR count). The lowest BCUT2D eigenvalue weighted by molar-refractivity contribution is 0.582. The van der Waals surface area contributed by atoms with E-state index >= 15 is 0 Å². The Hall–Kier alpha value is -2.64. The van der Waals surface area contributed by atoms with Crippen LogP contribution in [0.3, 0.4) is 0 Å². The van der Waals surface area contributed by atoms with Gasteiger partial charge in [0.2, 0.25) is 0 Å². The van der Waals surface area contributed by atoms with E-state index < -0.39 is 22.9 Å². The van der Waals surface area contributed by atoms with Gasteiger partial charge in [-0.1, -0.05) is 13.3 Å². The highest BCUT2D eigenvalue weighted by atomic mass is 19.1. The standard InChI is InChI=1S/C16H20F2N4O2/c1-3-4-7-22-14(19)13(15(23)20-16(22)24)21(2)9-10-8-11(17)5-6-12(10)18/h5-6,8H,3-4,7,9,19H2,1-2H3,(H,20,23,24). The van der Waals surface area contributed by atoms with Crippen LogP contribution in [0.4, 0.5) is 20.3 Å². The maximum atomic E-state index is 13.8. The summed E-state index contributed by atoms with van der Waals surface area (Å²) >= 11 is 0. The van der Waals surface area contributed by atoms with Gasteiger partial charge in [0.05, 0.1) is 0 Å². The molecule has 3 N–H and O–H groups in total. The molecule has 0 radical (unpaired) electrons. The maximum Gasteiger partial charge on any atom is 0.330 e. The van der Waals surface area contributed by atoms with Crippen LogP contribution in [0.15, 0.2) is 27.8 Å². The maximum absolute atomic E-state index is 13.8. The summed E-state index contributed by atoms with van der Waals surface area (Å²) < 4.78 is 28.4. The van der Waals surface area contributed by atoms with Crippen molar-refractivity contribution in [1.29, 1.82) is 0 Å². The van der Waals surface area contributed by atoms with E-state index in [2.05, 4.69) is 4.98 Å². The van der Waals surface area contributed by atoms with Gasteiger partial charge in [-0.05, 0) is 24.6 Å². The molecule has 0 saturated carbocycles. The summed E-state index contributed by atoms with van der Waals surface area (Å²) in [5.41, 5.74) is 4.87. The first kappa shape index (κ1) is 17.7. The number of rotatable bonds is 6. The topological polar surface area (TPSA) is 84.1 Å². The van der Waals surface area contributed by atoms with Crippen LogP contribution in [-0.4, -0.2) is 16.6 Å². The fourth-order valence-electron chi connectivity index (χ4n) is 2.48. The van der Waals surface area contributed by atoms with Gasteiger partial charge in [-0.15, -0.1) is 0 Å². The molecule has 1 heterocycles. The summed E-state index contributed by atoms with van der Waals surface area (Å²) in [5, 5.41) is 0. The first-order chi connectivity index (χ1) is 11.3. The number of aromatic amines is 1. The van der Waals surface area contributed by atoms with Crippen LogP contribution in [-0.2, 0) is 13.1 Å². The van der Waals surface area contributed by atoms with Gasteiger partial charge < -0.3 is 10.6 Å². The molecule has 0 aliphatic heterocycles. The van der Waals surface area contributed by atoms with Crippen molar-refractivity contribution in [2.24, 2.45) is 0 Å². The number of nitrogens with two attached hydrogens (primary N) is 1. The highest BCUT2D eigenvalue weighted by Crippen LogP contribution is 2.19. The Bertz CT molecular complexity index is 845. The van der Waals surface area contributed by atoms with Gasteiger partial charge in [0.25, 0.3) is 5.56 Å². The molecular formula is C16H20F2N4O2. The first-order valence-electron chi connectivity index (χ1n) is 7.62. The van der Waals surface area contributed by atoms with Crippen molar-refractivity contribution < 1.29 is 8.78 Å². The van der Waals surface area contributed by atoms with Gasteiger partial charge in [-0.25, -0.2) is 13.6 Å². The third-order valence-electron chi connectivity index (χ3n) is 3.75. The molecule has 8 heteroatoms. The molecule has 6 nitrogen and oxygen atoms in total. The zero-order chi connectivity index (χ0) is 17.9. The summed E-state index contributed by atoms with van der Waals surface area (Å²) in [6, 6.07) is 3.10. The van der Waals surface area contributed by atoms with Crippen LogP contribution in [0.2, 0.25) is 0 Å². The summed E-state index contributed by atoms with van der Waals surface area (Å²) in [6.07, 6.45) is 1.57. The lowest BCUT2D eigenvalue weighted by atomic mass is 10.2. The molecule has 2 aromatic rings. The van der Waals surface area contributed by atoms with Crippen LogP contribution in [0.5, 0.6) is 0 Å². The molecule has 0 amide bonds. The third-order valence-corrected chi connectivity index (χ3v) is 3.75. The van der Waals surface area contributed by atoms with Gasteiger partial charge in [-0.2, -0.15) is 0 Å². The van der Waals surface area contributed by atoms with Crippen molar-refractivity contribution in [1.82, 2.24) is 9.55 Å². The zero-order valence-electron chi connectivity index (χ0n) is 13.6. The van der Waals surface area contributed by atoms with E-state index in [9.17, 15) is 18.4 Å². The van der Waals surface area contributed by atoms with Crippen LogP contribution in [0, 0.1) is 11.6 Å². The van der Waals surface area contributed by atoms with Crippen molar-refractivity contribution in [3.05, 3.63) is 56.2 Å². The molecule has 1 aromatic heterocycles. The fourth-order valence-corrected chi connectivity index (χ4v) is 2.48. The van der Waals surface area contributed by atoms with E-state index in [-0.39, 0.29) is 23.6 Å². The molecule has 0 bridgehead atoms. The average Bonchev–Trinajstić information content (AvgIpc) is 2.50. The van der Waals surface area contributed by atoms with Gasteiger partial charge in [0.1, 0.15) is 23.1 Å². The molecule has 24 heavy (non-hydrogen) atoms. The second kappa shape index (κ2) is 7.29. The zero-order valence-corrected chi connectivity index (χ0v) is 13.6. The van der Waals surface area contributed by atoms with E-state index in [1.165, 1.54) is 16.5 Å². The summed E-state index contributed by atoms with van der Waals surface area (Å²) in [4.78, 5) is 27.6. The van der Waals surface area contributed by atoms with E-state index in [1.54, 1.807) is 0 Å². The summed E-state index contributed by atoms with van der Waals surface area (Å²) in [6.45, 7) is 2.27. The number of benzene rings is 1. The minimum Gasteiger partial charge on any atom is -0.383 e. The minimum absolute atomic E-state index is 0.0107. The number of halogens is 2. The third kappa shape index (κ3) is 3.64. The Morgan fingerprint density at radius 2 is 2.00 bits per heavy atom. The Labute approximate surface area is 137 Å². The number of aromatic nitrogens is 2. The lowest BCUT2D eigenvalue weighted by Gasteiger charge is -2.22. The predicted molar refractivity (Wildman–Crippen MR) is 89.1 cm³/mol. The molecule has 0 fully saturated rings. The number of unbranched alkanes of at least 4 members (excludes halogenated alkanes) is 1. The molecule has 130 valence electrons. The molecule has 0 unspecified atom stereocenters. The number of hydrogen-bond donors (Lipinski definition) is 2. The molecular weight excluding hydrogens is 318 g/mol. The number of hydrogen-bond acceptors (Lipinski definition) is 4. The highest BCUT2D eigenvalue weighted by molar-refractivity contribution is 5.62. The summed E-state index contributed by atoms with van der Waals surface area (Å²) in [5.74, 6) is -1.15. The number of anilines is 2. The van der Waals surface area contributed by atoms with Gasteiger partial charge >= 0.3 is 5.69 Å². The number of nitrogens with zero attached hydrogens (tertiary/aromatic N) is 2. The summed E-state index contributed by atoms with van der Waals surface area (Å²) in [7, 11) is 1.53. The van der Waals surface area contributed by atoms with Crippen molar-refractivity contribution in [2.45, 2.75) is 32.9 Å². The van der Waals surface area contributed by atoms with Crippen molar-refractivity contribution in [3.8, 4) is 0 Å². The Kier molecular flexibility index (Phi) is 5.38. The largest absolute Gasteiger partial charge is 0.383 e. The normalized spacial score (nSPS) is 10.8. The smallest absolute Gasteiger partial charge is 0.330 e. The molecule has 1 aromatic carbocycles. The second-order valence-electron chi connectivity index (χ2n) is 5.59. The lowest BCUT2D eigenvalue weighted by Crippen LogP contribution is -2.37. The first-order valence-corrected chi connectivity index (χ1v) is 7.62. The molecule has 0 aliphatic carbocycles. The van der Waals surface area contributed by atoms with Gasteiger partial charge in [0.15, 0.2) is 0 Å². The fraction of sp³-hybridized carbons (Fsp3) is 0.375. The molecule has 0 atom stereocenters. The molecule has 0 saturated heterocycles. The monoisotopic (exact) mass is 338 g/mol. The van der Waals surface area contributed by atoms with Crippen LogP contribution in [0.25, 0.3) is 0 Å². The number of nitrogens with one attached hydrogen (secondary N) is 1. The van der Waals surface area contributed by atoms with Crippen molar-refractivity contribution >= 4 is 11.5 Å². The molecule has 0 spiro atoms. The van der Waals surface area contributed by atoms with Crippen molar-refractivity contribution in [2.75, 3.05) is 17.7 Å². The average molecular weight is 338 g/mol. The van der Waals surface area contributed by atoms with E-state index in [0.29, 0.717) is 6.54 Å². The Morgan fingerprint density at radius 1 is 1.29 bits per heavy atom.